The molecule has 320 valence electrons. The molecule has 0 atom stereocenters. The summed E-state index contributed by atoms with van der Waals surface area (Å²) in [5.74, 6) is 1.79. The van der Waals surface area contributed by atoms with Gasteiger partial charge in [0, 0.05) is 19.3 Å². The maximum absolute atomic E-state index is 12.7. The zero-order valence-electron chi connectivity index (χ0n) is 37.0. The van der Waals surface area contributed by atoms with Crippen molar-refractivity contribution in [1.82, 2.24) is 0 Å². The summed E-state index contributed by atoms with van der Waals surface area (Å²) >= 11 is 0. The molecule has 0 bridgehead atoms. The third-order valence-electron chi connectivity index (χ3n) is 12.1. The Hall–Kier alpha value is -1.59. The zero-order chi connectivity index (χ0) is 39.9. The van der Waals surface area contributed by atoms with Crippen molar-refractivity contribution in [3.8, 4) is 0 Å². The average molecular weight is 765 g/mol. The minimum absolute atomic E-state index is 0.0669. The van der Waals surface area contributed by atoms with Crippen LogP contribution in [0.4, 0.5) is 0 Å². The van der Waals surface area contributed by atoms with Gasteiger partial charge >= 0.3 is 17.9 Å². The van der Waals surface area contributed by atoms with Gasteiger partial charge in [0.1, 0.15) is 13.2 Å². The predicted octanol–water partition coefficient (Wildman–Crippen LogP) is 14.8. The predicted molar refractivity (Wildman–Crippen MR) is 229 cm³/mol. The van der Waals surface area contributed by atoms with E-state index in [9.17, 15) is 14.4 Å². The Morgan fingerprint density at radius 1 is 0.333 bits per heavy atom. The lowest BCUT2D eigenvalue weighted by Gasteiger charge is -2.18. The lowest BCUT2D eigenvalue weighted by atomic mass is 9.95. The lowest BCUT2D eigenvalue weighted by Crippen LogP contribution is -2.30. The summed E-state index contributed by atoms with van der Waals surface area (Å²) in [5, 5.41) is 0. The van der Waals surface area contributed by atoms with Crippen LogP contribution in [-0.4, -0.2) is 37.2 Å². The minimum atomic E-state index is -0.763. The monoisotopic (exact) mass is 765 g/mol. The van der Waals surface area contributed by atoms with Crippen LogP contribution in [0.2, 0.25) is 0 Å². The lowest BCUT2D eigenvalue weighted by molar-refractivity contribution is -0.167. The normalized spacial score (nSPS) is 11.7. The van der Waals surface area contributed by atoms with Crippen LogP contribution in [0.25, 0.3) is 0 Å². The van der Waals surface area contributed by atoms with Crippen molar-refractivity contribution in [3.63, 3.8) is 0 Å². The smallest absolute Gasteiger partial charge is 0.306 e. The zero-order valence-corrected chi connectivity index (χ0v) is 37.0. The van der Waals surface area contributed by atoms with Crippen molar-refractivity contribution < 1.29 is 28.6 Å². The van der Waals surface area contributed by atoms with Crippen molar-refractivity contribution in [2.24, 2.45) is 17.8 Å². The molecule has 54 heavy (non-hydrogen) atoms. The van der Waals surface area contributed by atoms with Gasteiger partial charge in [-0.1, -0.05) is 215 Å². The molecule has 0 rings (SSSR count). The van der Waals surface area contributed by atoms with E-state index in [-0.39, 0.29) is 31.1 Å². The Morgan fingerprint density at radius 3 is 0.852 bits per heavy atom. The summed E-state index contributed by atoms with van der Waals surface area (Å²) in [6, 6.07) is 0. The third-order valence-corrected chi connectivity index (χ3v) is 12.1. The van der Waals surface area contributed by atoms with Gasteiger partial charge in [-0.15, -0.1) is 0 Å². The number of hydrogen-bond acceptors (Lipinski definition) is 6. The van der Waals surface area contributed by atoms with Crippen molar-refractivity contribution in [2.75, 3.05) is 13.2 Å². The first kappa shape index (κ1) is 52.4. The number of hydrogen-bond donors (Lipinski definition) is 0. The second-order valence-electron chi connectivity index (χ2n) is 16.6. The summed E-state index contributed by atoms with van der Waals surface area (Å²) in [6.45, 7) is 13.6. The van der Waals surface area contributed by atoms with Crippen LogP contribution in [0, 0.1) is 17.8 Å². The van der Waals surface area contributed by atoms with Gasteiger partial charge in [-0.05, 0) is 37.0 Å². The highest BCUT2D eigenvalue weighted by molar-refractivity contribution is 5.71. The Morgan fingerprint density at radius 2 is 0.574 bits per heavy atom. The maximum atomic E-state index is 12.7. The first-order chi connectivity index (χ1) is 26.3. The van der Waals surface area contributed by atoms with E-state index in [1.165, 1.54) is 135 Å². The topological polar surface area (TPSA) is 78.9 Å². The van der Waals surface area contributed by atoms with Crippen LogP contribution in [-0.2, 0) is 28.6 Å². The van der Waals surface area contributed by atoms with Gasteiger partial charge in [0.25, 0.3) is 0 Å². The van der Waals surface area contributed by atoms with Gasteiger partial charge in [-0.3, -0.25) is 14.4 Å². The van der Waals surface area contributed by atoms with Gasteiger partial charge in [-0.2, -0.15) is 0 Å². The Labute approximate surface area is 336 Å². The summed E-state index contributed by atoms with van der Waals surface area (Å²) < 4.78 is 16.8. The molecule has 0 amide bonds. The first-order valence-electron chi connectivity index (χ1n) is 23.8. The van der Waals surface area contributed by atoms with Crippen LogP contribution in [0.15, 0.2) is 0 Å². The number of carbonyl (C=O) groups excluding carboxylic acids is 3. The number of rotatable bonds is 41. The van der Waals surface area contributed by atoms with Crippen molar-refractivity contribution >= 4 is 17.9 Å². The fraction of sp³-hybridized carbons (Fsp3) is 0.938. The molecule has 0 saturated heterocycles. The van der Waals surface area contributed by atoms with Crippen LogP contribution in [0.3, 0.4) is 0 Å². The van der Waals surface area contributed by atoms with Gasteiger partial charge in [-0.25, -0.2) is 0 Å². The average Bonchev–Trinajstić information content (AvgIpc) is 3.18. The molecule has 0 aliphatic carbocycles. The van der Waals surface area contributed by atoms with E-state index in [2.05, 4.69) is 41.5 Å². The highest BCUT2D eigenvalue weighted by Gasteiger charge is 2.19. The number of esters is 3. The van der Waals surface area contributed by atoms with Gasteiger partial charge < -0.3 is 14.2 Å². The van der Waals surface area contributed by atoms with Gasteiger partial charge in [0.05, 0.1) is 0 Å². The summed E-state index contributed by atoms with van der Waals surface area (Å²) in [6.07, 6.45) is 36.3. The van der Waals surface area contributed by atoms with Gasteiger partial charge in [0.15, 0.2) is 6.10 Å². The summed E-state index contributed by atoms with van der Waals surface area (Å²) in [7, 11) is 0. The molecule has 0 N–H and O–H groups in total. The number of carbonyl (C=O) groups is 3. The SMILES string of the molecule is CCC(CC)CCCCCCCCCC(=O)OCC(COC(=O)CCCCCCCCCC(CC)CC)OC(=O)CCCCCCCCCC(CC)CC. The molecule has 0 unspecified atom stereocenters. The molecule has 0 aliphatic heterocycles. The molecular formula is C48H92O6. The van der Waals surface area contributed by atoms with E-state index in [1.807, 2.05) is 0 Å². The molecule has 0 aromatic heterocycles. The van der Waals surface area contributed by atoms with Gasteiger partial charge in [0.2, 0.25) is 0 Å². The molecule has 6 heteroatoms. The second-order valence-corrected chi connectivity index (χ2v) is 16.6. The molecule has 0 aliphatic rings. The second kappa shape index (κ2) is 39.6. The van der Waals surface area contributed by atoms with E-state index >= 15 is 0 Å². The third kappa shape index (κ3) is 33.7. The van der Waals surface area contributed by atoms with E-state index in [0.29, 0.717) is 19.3 Å². The van der Waals surface area contributed by atoms with Crippen LogP contribution < -0.4 is 0 Å². The maximum Gasteiger partial charge on any atom is 0.306 e. The number of unbranched alkanes of at least 4 members (excludes halogenated alkanes) is 18. The van der Waals surface area contributed by atoms with Crippen molar-refractivity contribution in [1.29, 1.82) is 0 Å². The van der Waals surface area contributed by atoms with Crippen LogP contribution in [0.1, 0.15) is 253 Å². The molecular weight excluding hydrogens is 673 g/mol. The highest BCUT2D eigenvalue weighted by Crippen LogP contribution is 2.20. The van der Waals surface area contributed by atoms with E-state index < -0.39 is 6.10 Å². The summed E-state index contributed by atoms with van der Waals surface area (Å²) in [5.41, 5.74) is 0. The molecule has 0 heterocycles. The molecule has 0 aromatic rings. The Balaban J connectivity index is 4.44. The standard InChI is InChI=1S/C48H92O6/c1-7-42(8-2)34-28-22-16-13-19-25-31-37-46(49)52-40-45(54-48(51)39-33-27-21-15-18-24-30-36-44(11-5)12-6)41-53-47(50)38-32-26-20-14-17-23-29-35-43(9-3)10-4/h42-45H,7-41H2,1-6H3. The largest absolute Gasteiger partial charge is 0.462 e. The Kier molecular flexibility index (Phi) is 38.5. The van der Waals surface area contributed by atoms with E-state index in [4.69, 9.17) is 14.2 Å². The fourth-order valence-corrected chi connectivity index (χ4v) is 7.73. The molecule has 0 aromatic carbocycles. The van der Waals surface area contributed by atoms with Crippen LogP contribution >= 0.6 is 0 Å². The quantitative estimate of drug-likeness (QED) is 0.0350. The summed E-state index contributed by atoms with van der Waals surface area (Å²) in [4.78, 5) is 37.8. The van der Waals surface area contributed by atoms with Crippen molar-refractivity contribution in [2.45, 2.75) is 260 Å². The first-order valence-corrected chi connectivity index (χ1v) is 23.8. The molecule has 6 nitrogen and oxygen atoms in total. The molecule has 0 radical (unpaired) electrons. The van der Waals surface area contributed by atoms with E-state index in [1.54, 1.807) is 0 Å². The Bertz CT molecular complexity index is 785. The molecule has 0 spiro atoms. The van der Waals surface area contributed by atoms with E-state index in [0.717, 1.165) is 75.5 Å². The van der Waals surface area contributed by atoms with Crippen LogP contribution in [0.5, 0.6) is 0 Å². The minimum Gasteiger partial charge on any atom is -0.462 e. The highest BCUT2D eigenvalue weighted by atomic mass is 16.6. The van der Waals surface area contributed by atoms with Crippen molar-refractivity contribution in [3.05, 3.63) is 0 Å². The molecule has 0 fully saturated rings. The number of ether oxygens (including phenoxy) is 3. The molecule has 0 saturated carbocycles. The fourth-order valence-electron chi connectivity index (χ4n) is 7.73.